The van der Waals surface area contributed by atoms with Gasteiger partial charge in [-0.15, -0.1) is 0 Å². The van der Waals surface area contributed by atoms with Crippen LogP contribution in [-0.4, -0.2) is 7.11 Å². The van der Waals surface area contributed by atoms with Gasteiger partial charge in [-0.1, -0.05) is 60.7 Å². The minimum absolute atomic E-state index is 0.266. The average Bonchev–Trinajstić information content (AvgIpc) is 3.24. The highest BCUT2D eigenvalue weighted by molar-refractivity contribution is 6.25. The molecule has 0 heterocycles. The summed E-state index contributed by atoms with van der Waals surface area (Å²) in [6.45, 7) is 0. The summed E-state index contributed by atoms with van der Waals surface area (Å²) in [5.74, 6) is -0.266. The maximum absolute atomic E-state index is 11.8. The first-order valence-corrected chi connectivity index (χ1v) is 6.14. The standard InChI is InChI=1S/C17H14O2/c1-19-17(18)16-14(12-8-4-2-5-9-12)15(16)13-10-6-3-7-11-13/h2-11,18H,1H3/p-1. The van der Waals surface area contributed by atoms with Crippen LogP contribution in [0.2, 0.25) is 0 Å². The van der Waals surface area contributed by atoms with E-state index in [1.165, 1.54) is 7.11 Å². The fraction of sp³-hybridized carbons (Fsp3) is 0.0588. The molecule has 0 saturated heterocycles. The zero-order valence-electron chi connectivity index (χ0n) is 10.6. The van der Waals surface area contributed by atoms with Gasteiger partial charge in [0.15, 0.2) is 0 Å². The summed E-state index contributed by atoms with van der Waals surface area (Å²) in [5.41, 5.74) is 4.81. The van der Waals surface area contributed by atoms with Gasteiger partial charge in [-0.05, 0) is 29.4 Å². The third-order valence-corrected chi connectivity index (χ3v) is 3.20. The van der Waals surface area contributed by atoms with Gasteiger partial charge < -0.3 is 9.84 Å². The van der Waals surface area contributed by atoms with Crippen LogP contribution in [0.25, 0.3) is 11.1 Å². The number of methoxy groups -OCH3 is 1. The van der Waals surface area contributed by atoms with Crippen molar-refractivity contribution in [3.63, 3.8) is 0 Å². The highest BCUT2D eigenvalue weighted by Gasteiger charge is 2.33. The molecule has 94 valence electrons. The van der Waals surface area contributed by atoms with E-state index in [-0.39, 0.29) is 5.95 Å². The van der Waals surface area contributed by atoms with Gasteiger partial charge in [-0.3, -0.25) is 0 Å². The number of hydrogen-bond acceptors (Lipinski definition) is 2. The van der Waals surface area contributed by atoms with Crippen LogP contribution >= 0.6 is 0 Å². The van der Waals surface area contributed by atoms with E-state index in [9.17, 15) is 5.11 Å². The van der Waals surface area contributed by atoms with E-state index in [4.69, 9.17) is 4.74 Å². The SMILES string of the molecule is COC([O-])=C1C(c2ccccc2)=C1c1ccccc1. The van der Waals surface area contributed by atoms with Gasteiger partial charge in [-0.2, -0.15) is 0 Å². The molecular weight excluding hydrogens is 236 g/mol. The maximum Gasteiger partial charge on any atom is 0.0597 e. The van der Waals surface area contributed by atoms with Gasteiger partial charge in [0.25, 0.3) is 0 Å². The molecule has 0 fully saturated rings. The Hall–Kier alpha value is -2.48. The molecule has 0 atom stereocenters. The Morgan fingerprint density at radius 1 is 0.789 bits per heavy atom. The third-order valence-electron chi connectivity index (χ3n) is 3.20. The zero-order valence-corrected chi connectivity index (χ0v) is 10.6. The molecule has 2 aromatic rings. The van der Waals surface area contributed by atoms with Gasteiger partial charge in [0.05, 0.1) is 5.95 Å². The summed E-state index contributed by atoms with van der Waals surface area (Å²) in [5, 5.41) is 11.8. The van der Waals surface area contributed by atoms with Crippen LogP contribution < -0.4 is 5.11 Å². The lowest BCUT2D eigenvalue weighted by Crippen LogP contribution is -2.06. The minimum atomic E-state index is -0.266. The van der Waals surface area contributed by atoms with Gasteiger partial charge in [0.1, 0.15) is 0 Å². The molecule has 2 heteroatoms. The smallest absolute Gasteiger partial charge is 0.0597 e. The Kier molecular flexibility index (Phi) is 2.84. The second kappa shape index (κ2) is 4.65. The number of allylic oxidation sites excluding steroid dienone is 3. The number of ether oxygens (including phenoxy) is 1. The molecule has 19 heavy (non-hydrogen) atoms. The lowest BCUT2D eigenvalue weighted by Gasteiger charge is -2.08. The van der Waals surface area contributed by atoms with Gasteiger partial charge in [-0.25, -0.2) is 0 Å². The van der Waals surface area contributed by atoms with E-state index in [2.05, 4.69) is 0 Å². The highest BCUT2D eigenvalue weighted by atomic mass is 16.6. The number of benzene rings is 2. The van der Waals surface area contributed by atoms with E-state index in [0.717, 1.165) is 22.3 Å². The van der Waals surface area contributed by atoms with Crippen molar-refractivity contribution < 1.29 is 9.84 Å². The van der Waals surface area contributed by atoms with Crippen LogP contribution in [0.4, 0.5) is 0 Å². The summed E-state index contributed by atoms with van der Waals surface area (Å²) < 4.78 is 4.86. The van der Waals surface area contributed by atoms with E-state index >= 15 is 0 Å². The van der Waals surface area contributed by atoms with Crippen molar-refractivity contribution in [3.05, 3.63) is 83.3 Å². The highest BCUT2D eigenvalue weighted by Crippen LogP contribution is 2.53. The molecule has 0 bridgehead atoms. The van der Waals surface area contributed by atoms with Crippen LogP contribution in [0.5, 0.6) is 0 Å². The average molecular weight is 249 g/mol. The van der Waals surface area contributed by atoms with Crippen LogP contribution in [0.1, 0.15) is 11.1 Å². The largest absolute Gasteiger partial charge is 0.616 e. The summed E-state index contributed by atoms with van der Waals surface area (Å²) >= 11 is 0. The lowest BCUT2D eigenvalue weighted by atomic mass is 10.1. The fourth-order valence-electron chi connectivity index (χ4n) is 2.28. The molecule has 0 aromatic heterocycles. The second-order valence-electron chi connectivity index (χ2n) is 4.35. The monoisotopic (exact) mass is 249 g/mol. The summed E-state index contributed by atoms with van der Waals surface area (Å²) in [6, 6.07) is 19.8. The quantitative estimate of drug-likeness (QED) is 0.783. The first kappa shape index (κ1) is 11.6. The van der Waals surface area contributed by atoms with Crippen molar-refractivity contribution in [2.75, 3.05) is 7.11 Å². The topological polar surface area (TPSA) is 32.3 Å². The van der Waals surface area contributed by atoms with E-state index in [1.54, 1.807) is 0 Å². The molecule has 0 radical (unpaired) electrons. The van der Waals surface area contributed by atoms with Crippen molar-refractivity contribution >= 4 is 11.1 Å². The minimum Gasteiger partial charge on any atom is -0.616 e. The van der Waals surface area contributed by atoms with Gasteiger partial charge >= 0.3 is 0 Å². The van der Waals surface area contributed by atoms with Crippen molar-refractivity contribution in [2.45, 2.75) is 0 Å². The molecule has 1 aliphatic rings. The Morgan fingerprint density at radius 3 is 1.58 bits per heavy atom. The third kappa shape index (κ3) is 2.02. The Morgan fingerprint density at radius 2 is 1.21 bits per heavy atom. The summed E-state index contributed by atoms with van der Waals surface area (Å²) in [6.07, 6.45) is 0. The first-order chi connectivity index (χ1) is 9.33. The van der Waals surface area contributed by atoms with Crippen molar-refractivity contribution in [3.8, 4) is 0 Å². The van der Waals surface area contributed by atoms with Crippen LogP contribution in [0.15, 0.2) is 72.2 Å². The van der Waals surface area contributed by atoms with E-state index in [0.29, 0.717) is 5.57 Å². The number of rotatable bonds is 3. The predicted octanol–water partition coefficient (Wildman–Crippen LogP) is 2.83. The molecule has 0 amide bonds. The summed E-state index contributed by atoms with van der Waals surface area (Å²) in [4.78, 5) is 0. The molecule has 2 aromatic carbocycles. The predicted molar refractivity (Wildman–Crippen MR) is 73.7 cm³/mol. The molecule has 0 aliphatic heterocycles. The van der Waals surface area contributed by atoms with E-state index in [1.807, 2.05) is 60.7 Å². The van der Waals surface area contributed by atoms with Crippen molar-refractivity contribution in [1.29, 1.82) is 0 Å². The van der Waals surface area contributed by atoms with Crippen molar-refractivity contribution in [2.24, 2.45) is 0 Å². The lowest BCUT2D eigenvalue weighted by molar-refractivity contribution is -0.353. The molecule has 2 nitrogen and oxygen atoms in total. The molecule has 1 aliphatic carbocycles. The zero-order chi connectivity index (χ0) is 13.2. The molecule has 0 spiro atoms. The molecule has 0 unspecified atom stereocenters. The second-order valence-corrected chi connectivity index (χ2v) is 4.35. The van der Waals surface area contributed by atoms with Gasteiger partial charge in [0.2, 0.25) is 0 Å². The fourth-order valence-corrected chi connectivity index (χ4v) is 2.28. The molecular formula is C17H13O2-. The first-order valence-electron chi connectivity index (χ1n) is 6.14. The van der Waals surface area contributed by atoms with Crippen molar-refractivity contribution in [1.82, 2.24) is 0 Å². The summed E-state index contributed by atoms with van der Waals surface area (Å²) in [7, 11) is 1.42. The molecule has 0 saturated carbocycles. The maximum atomic E-state index is 11.8. The normalized spacial score (nSPS) is 13.4. The Bertz CT molecular complexity index is 601. The van der Waals surface area contributed by atoms with E-state index < -0.39 is 0 Å². The van der Waals surface area contributed by atoms with Crippen LogP contribution in [0, 0.1) is 0 Å². The molecule has 3 rings (SSSR count). The Balaban J connectivity index is 2.11. The number of hydrogen-bond donors (Lipinski definition) is 0. The van der Waals surface area contributed by atoms with Gasteiger partial charge in [0, 0.05) is 5.57 Å². The Labute approximate surface area is 112 Å². The molecule has 0 N–H and O–H groups in total. The van der Waals surface area contributed by atoms with Crippen LogP contribution in [0.3, 0.4) is 0 Å². The van der Waals surface area contributed by atoms with Crippen LogP contribution in [-0.2, 0) is 4.74 Å².